The summed E-state index contributed by atoms with van der Waals surface area (Å²) in [5, 5.41) is 57.3. The van der Waals surface area contributed by atoms with Gasteiger partial charge >= 0.3 is 30.2 Å². The number of oxime groups is 2. The summed E-state index contributed by atoms with van der Waals surface area (Å²) >= 11 is 0. The lowest BCUT2D eigenvalue weighted by Gasteiger charge is -2.21. The summed E-state index contributed by atoms with van der Waals surface area (Å²) in [6.45, 7) is 23.0. The number of aryl methyl sites for hydroxylation is 2. The average Bonchev–Trinajstić information content (AvgIpc) is 4.23. The summed E-state index contributed by atoms with van der Waals surface area (Å²) in [6, 6.07) is 0.434. The fourth-order valence-electron chi connectivity index (χ4n) is 9.19. The van der Waals surface area contributed by atoms with E-state index in [1.807, 2.05) is 27.7 Å². The molecule has 0 aromatic carbocycles. The van der Waals surface area contributed by atoms with Crippen LogP contribution < -0.4 is 38.5 Å². The maximum Gasteiger partial charge on any atom is 0.407 e. The van der Waals surface area contributed by atoms with Gasteiger partial charge in [-0.2, -0.15) is 9.97 Å². The molecule has 0 unspecified atom stereocenters. The molecule has 82 heavy (non-hydrogen) atoms. The highest BCUT2D eigenvalue weighted by Gasteiger charge is 2.35. The predicted octanol–water partition coefficient (Wildman–Crippen LogP) is 7.25. The highest BCUT2D eigenvalue weighted by atomic mass is 35.5. The van der Waals surface area contributed by atoms with Gasteiger partial charge < -0.3 is 82.4 Å². The Morgan fingerprint density at radius 1 is 0.537 bits per heavy atom. The number of rotatable bonds is 8. The van der Waals surface area contributed by atoms with Crippen LogP contribution in [-0.2, 0) is 28.6 Å². The molecule has 0 saturated heterocycles. The molecule has 10 atom stereocenters. The van der Waals surface area contributed by atoms with Gasteiger partial charge in [-0.3, -0.25) is 14.4 Å². The van der Waals surface area contributed by atoms with E-state index in [0.717, 1.165) is 63.7 Å². The lowest BCUT2D eigenvalue weighted by molar-refractivity contribution is -0.142. The van der Waals surface area contributed by atoms with E-state index >= 15 is 0 Å². The standard InChI is InChI=1S/C13H23N3O4.C13H21N3O3.C11H19NO4.C8H13N3O.C6H11NO2.C2H6N2O.ClH/c1-8(16-19)14-11(17)9-5-6-10(7-9)15-12(18)20-13(2,3)4;1-8-14-11(19-16-8)9-5-6-10(7-9)15-12(17)18-13(2,3)4;1-11(2,3)16-10(15)12-8-5-4-7(6-8)9(13)14;1-5-10-8(12-11-5)6-2-3-7(9)4-6;7-5-2-1-4(3-5)6(8)9;1-2(3)4-5;/h9-10,19H,5-7H2,1-4H3,(H,15,18)(H,14,16,17);9-10H,5-7H2,1-4H3,(H,15,17);7-8H,4-6H2,1-3H3,(H,12,15)(H,13,14);6-7H,2-4,9H2,1H3;4-5H,1-3,7H2,(H,8,9);5H,1H3,(H2,3,4);1H/t2*9-,10+;7-,8+;6-,7+;4-,5+;;/m00000../s1. The molecule has 7 rings (SSSR count). The van der Waals surface area contributed by atoms with Gasteiger partial charge in [-0.1, -0.05) is 20.6 Å². The molecule has 14 N–H and O–H groups in total. The zero-order chi connectivity index (χ0) is 61.4. The third-order valence-corrected chi connectivity index (χ3v) is 12.9. The van der Waals surface area contributed by atoms with Gasteiger partial charge in [0.2, 0.25) is 17.7 Å². The van der Waals surface area contributed by atoms with Crippen LogP contribution in [0, 0.1) is 31.6 Å². The van der Waals surface area contributed by atoms with E-state index < -0.39 is 40.9 Å². The Kier molecular flexibility index (Phi) is 31.2. The molecule has 0 bridgehead atoms. The maximum absolute atomic E-state index is 11.8. The van der Waals surface area contributed by atoms with Crippen molar-refractivity contribution in [2.75, 3.05) is 0 Å². The minimum atomic E-state index is -0.784. The van der Waals surface area contributed by atoms with Crippen molar-refractivity contribution in [3.63, 3.8) is 0 Å². The van der Waals surface area contributed by atoms with E-state index in [4.69, 9.17) is 61.1 Å². The van der Waals surface area contributed by atoms with Crippen LogP contribution in [0.2, 0.25) is 0 Å². The molecule has 5 aliphatic rings. The highest BCUT2D eigenvalue weighted by molar-refractivity contribution is 5.97. The molecule has 2 aromatic rings. The van der Waals surface area contributed by atoms with Crippen LogP contribution >= 0.6 is 12.4 Å². The Hall–Kier alpha value is -6.55. The molecule has 468 valence electrons. The molecule has 29 heteroatoms. The number of hydrogen-bond acceptors (Lipinski definition) is 21. The number of nitrogens with two attached hydrogens (primary N) is 3. The number of aromatic nitrogens is 4. The third-order valence-electron chi connectivity index (χ3n) is 12.9. The van der Waals surface area contributed by atoms with Gasteiger partial charge in [0.05, 0.1) is 11.8 Å². The van der Waals surface area contributed by atoms with Crippen molar-refractivity contribution >= 4 is 60.2 Å². The summed E-state index contributed by atoms with van der Waals surface area (Å²) in [5.41, 5.74) is 14.6. The number of aliphatic carboxylic acids is 2. The zero-order valence-corrected chi connectivity index (χ0v) is 50.8. The van der Waals surface area contributed by atoms with Crippen LogP contribution in [0.5, 0.6) is 0 Å². The minimum Gasteiger partial charge on any atom is -0.481 e. The fraction of sp³-hybridized carbons (Fsp3) is 0.774. The summed E-state index contributed by atoms with van der Waals surface area (Å²) in [5.74, 6) is 1.44. The van der Waals surface area contributed by atoms with Crippen molar-refractivity contribution in [2.45, 2.75) is 245 Å². The molecular weight excluding hydrogens is 1090 g/mol. The van der Waals surface area contributed by atoms with E-state index in [2.05, 4.69) is 51.9 Å². The van der Waals surface area contributed by atoms with Crippen LogP contribution in [0.1, 0.15) is 208 Å². The quantitative estimate of drug-likeness (QED) is 0.0407. The summed E-state index contributed by atoms with van der Waals surface area (Å²) in [6.07, 6.45) is 10.6. The Bertz CT molecular complexity index is 2360. The molecule has 2 heterocycles. The van der Waals surface area contributed by atoms with Crippen molar-refractivity contribution in [2.24, 2.45) is 45.3 Å². The molecule has 0 radical (unpaired) electrons. The molecule has 28 nitrogen and oxygen atoms in total. The van der Waals surface area contributed by atoms with Crippen LogP contribution in [0.15, 0.2) is 19.4 Å². The normalized spacial score (nSPS) is 24.9. The second-order valence-electron chi connectivity index (χ2n) is 24.1. The number of nitrogens with one attached hydrogen (secondary N) is 4. The van der Waals surface area contributed by atoms with Crippen molar-refractivity contribution < 1.29 is 72.7 Å². The number of ether oxygens (including phenoxy) is 3. The number of carboxylic acids is 2. The van der Waals surface area contributed by atoms with Gasteiger partial charge in [0.25, 0.3) is 0 Å². The molecular formula is C53H94ClN13O15. The number of hydrogen-bond donors (Lipinski definition) is 11. The predicted molar refractivity (Wildman–Crippen MR) is 303 cm³/mol. The Morgan fingerprint density at radius 3 is 1.20 bits per heavy atom. The number of alkyl carbamates (subject to hydrolysis) is 3. The van der Waals surface area contributed by atoms with E-state index in [9.17, 15) is 28.8 Å². The van der Waals surface area contributed by atoms with E-state index in [0.29, 0.717) is 68.0 Å². The van der Waals surface area contributed by atoms with Crippen molar-refractivity contribution in [3.8, 4) is 0 Å². The first-order valence-electron chi connectivity index (χ1n) is 27.5. The Labute approximate surface area is 486 Å². The number of amidine groups is 2. The summed E-state index contributed by atoms with van der Waals surface area (Å²) in [7, 11) is 0. The number of amides is 4. The topological polar surface area (TPSA) is 440 Å². The van der Waals surface area contributed by atoms with E-state index in [-0.39, 0.29) is 83.9 Å². The molecule has 4 amide bonds. The van der Waals surface area contributed by atoms with E-state index in [1.54, 1.807) is 48.5 Å². The van der Waals surface area contributed by atoms with Gasteiger partial charge in [0.15, 0.2) is 11.6 Å². The van der Waals surface area contributed by atoms with Crippen molar-refractivity contribution in [3.05, 3.63) is 23.4 Å². The largest absolute Gasteiger partial charge is 0.481 e. The average molecular weight is 1190 g/mol. The second kappa shape index (κ2) is 34.8. The first-order chi connectivity index (χ1) is 37.5. The number of carbonyl (C=O) groups is 6. The van der Waals surface area contributed by atoms with Crippen LogP contribution in [-0.4, -0.2) is 136 Å². The monoisotopic (exact) mass is 1190 g/mol. The molecule has 5 aliphatic carbocycles. The highest BCUT2D eigenvalue weighted by Crippen LogP contribution is 2.34. The number of carboxylic acid groups (broad SMARTS) is 2. The second-order valence-corrected chi connectivity index (χ2v) is 24.1. The minimum absolute atomic E-state index is 0. The number of carbonyl (C=O) groups excluding carboxylic acids is 4. The smallest absolute Gasteiger partial charge is 0.407 e. The maximum atomic E-state index is 11.8. The van der Waals surface area contributed by atoms with Gasteiger partial charge in [0, 0.05) is 48.0 Å². The first kappa shape index (κ1) is 73.5. The molecule has 0 spiro atoms. The van der Waals surface area contributed by atoms with Crippen LogP contribution in [0.3, 0.4) is 0 Å². The number of nitrogens with zero attached hydrogens (tertiary/aromatic N) is 6. The van der Waals surface area contributed by atoms with Crippen LogP contribution in [0.25, 0.3) is 0 Å². The number of halogens is 1. The lowest BCUT2D eigenvalue weighted by atomic mass is 10.1. The van der Waals surface area contributed by atoms with Crippen molar-refractivity contribution in [1.82, 2.24) is 41.5 Å². The Balaban J connectivity index is 0.000000510. The van der Waals surface area contributed by atoms with Crippen molar-refractivity contribution in [1.29, 1.82) is 0 Å². The molecule has 5 saturated carbocycles. The zero-order valence-electron chi connectivity index (χ0n) is 50.0. The van der Waals surface area contributed by atoms with Crippen LogP contribution in [0.4, 0.5) is 14.4 Å². The fourth-order valence-corrected chi connectivity index (χ4v) is 9.19. The molecule has 5 fully saturated rings. The van der Waals surface area contributed by atoms with Gasteiger partial charge in [-0.15, -0.1) is 12.4 Å². The first-order valence-corrected chi connectivity index (χ1v) is 27.5. The van der Waals surface area contributed by atoms with Gasteiger partial charge in [-0.05, 0) is 186 Å². The molecule has 2 aromatic heterocycles. The lowest BCUT2D eigenvalue weighted by Crippen LogP contribution is -2.39. The summed E-state index contributed by atoms with van der Waals surface area (Å²) < 4.78 is 25.8. The molecule has 0 aliphatic heterocycles. The van der Waals surface area contributed by atoms with Gasteiger partial charge in [-0.25, -0.2) is 14.4 Å². The summed E-state index contributed by atoms with van der Waals surface area (Å²) in [4.78, 5) is 76.0. The SMILES string of the molecule is CC(=NO)NC(=O)[C@H]1CC[C@@H](NC(=O)OC(C)(C)C)C1.CC(C)(C)OC(=O)N[C@@H]1CC[C@H](C(=O)O)C1.CC(N)=NO.Cc1noc([C@H]2CC[C@@H](N)C2)n1.Cc1noc([C@H]2CC[C@@H](NC(=O)OC(C)(C)C)C2)n1.Cl.N[C@@H]1CC[C@H](C(=O)O)C1. The van der Waals surface area contributed by atoms with Gasteiger partial charge in [0.1, 0.15) is 28.5 Å². The third kappa shape index (κ3) is 31.0. The van der Waals surface area contributed by atoms with E-state index in [1.165, 1.54) is 13.8 Å². The Morgan fingerprint density at radius 2 is 0.878 bits per heavy atom.